The Bertz CT molecular complexity index is 610. The molecule has 0 spiro atoms. The molecule has 0 bridgehead atoms. The molecule has 142 valence electrons. The zero-order valence-corrected chi connectivity index (χ0v) is 16.3. The molecule has 0 saturated heterocycles. The first-order chi connectivity index (χ1) is 12.8. The summed E-state index contributed by atoms with van der Waals surface area (Å²) in [5.41, 5.74) is 2.27. The summed E-state index contributed by atoms with van der Waals surface area (Å²) in [5.74, 6) is 1.91. The van der Waals surface area contributed by atoms with Gasteiger partial charge in [0.1, 0.15) is 11.5 Å². The number of benzene rings is 2. The van der Waals surface area contributed by atoms with Gasteiger partial charge in [0.15, 0.2) is 0 Å². The molecule has 0 atom stereocenters. The average molecular weight is 356 g/mol. The van der Waals surface area contributed by atoms with Crippen molar-refractivity contribution in [3.8, 4) is 11.5 Å². The summed E-state index contributed by atoms with van der Waals surface area (Å²) in [7, 11) is 0. The molecule has 0 fully saturated rings. The second kappa shape index (κ2) is 12.2. The quantitative estimate of drug-likeness (QED) is 0.420. The van der Waals surface area contributed by atoms with Gasteiger partial charge >= 0.3 is 0 Å². The third-order valence-corrected chi connectivity index (χ3v) is 4.33. The second-order valence-electron chi connectivity index (χ2n) is 6.60. The highest BCUT2D eigenvalue weighted by atomic mass is 16.5. The molecular formula is C23H33NO2. The Labute approximate surface area is 158 Å². The largest absolute Gasteiger partial charge is 0.494 e. The fraction of sp³-hybridized carbons (Fsp3) is 0.478. The van der Waals surface area contributed by atoms with Gasteiger partial charge in [-0.1, -0.05) is 57.7 Å². The topological polar surface area (TPSA) is 30.5 Å². The molecule has 0 amide bonds. The van der Waals surface area contributed by atoms with E-state index in [1.165, 1.54) is 24.8 Å². The number of hydrogen-bond acceptors (Lipinski definition) is 3. The van der Waals surface area contributed by atoms with Gasteiger partial charge in [0, 0.05) is 17.8 Å². The highest BCUT2D eigenvalue weighted by Crippen LogP contribution is 2.21. The summed E-state index contributed by atoms with van der Waals surface area (Å²) in [6.07, 6.45) is 7.14. The molecule has 0 aromatic heterocycles. The third-order valence-electron chi connectivity index (χ3n) is 4.33. The maximum Gasteiger partial charge on any atom is 0.124 e. The summed E-state index contributed by atoms with van der Waals surface area (Å²) in [6.45, 7) is 6.73. The van der Waals surface area contributed by atoms with E-state index in [1.807, 2.05) is 18.2 Å². The van der Waals surface area contributed by atoms with E-state index in [9.17, 15) is 0 Å². The fourth-order valence-corrected chi connectivity index (χ4v) is 2.70. The Morgan fingerprint density at radius 3 is 2.23 bits per heavy atom. The zero-order chi connectivity index (χ0) is 18.5. The molecule has 0 heterocycles. The van der Waals surface area contributed by atoms with Crippen LogP contribution < -0.4 is 14.8 Å². The monoisotopic (exact) mass is 355 g/mol. The van der Waals surface area contributed by atoms with Crippen molar-refractivity contribution in [2.45, 2.75) is 58.9 Å². The van der Waals surface area contributed by atoms with Crippen molar-refractivity contribution >= 4 is 5.69 Å². The standard InChI is InChI=1S/C23H33NO2/c1-3-5-7-10-18-26-23-12-9-8-11-20(23)19-24-21-13-15-22(16-14-21)25-17-6-4-2/h8-9,11-16,24H,3-7,10,17-19H2,1-2H3. The number of para-hydroxylation sites is 1. The van der Waals surface area contributed by atoms with Gasteiger partial charge in [0.25, 0.3) is 0 Å². The van der Waals surface area contributed by atoms with Crippen molar-refractivity contribution in [1.82, 2.24) is 0 Å². The summed E-state index contributed by atoms with van der Waals surface area (Å²) in [4.78, 5) is 0. The van der Waals surface area contributed by atoms with Crippen LogP contribution in [-0.4, -0.2) is 13.2 Å². The van der Waals surface area contributed by atoms with E-state index in [0.717, 1.165) is 56.2 Å². The minimum absolute atomic E-state index is 0.751. The maximum absolute atomic E-state index is 5.99. The summed E-state index contributed by atoms with van der Waals surface area (Å²) < 4.78 is 11.7. The van der Waals surface area contributed by atoms with Crippen LogP contribution in [0.4, 0.5) is 5.69 Å². The van der Waals surface area contributed by atoms with Crippen molar-refractivity contribution in [3.63, 3.8) is 0 Å². The first-order valence-electron chi connectivity index (χ1n) is 10.0. The van der Waals surface area contributed by atoms with E-state index in [-0.39, 0.29) is 0 Å². The lowest BCUT2D eigenvalue weighted by Crippen LogP contribution is -2.04. The predicted molar refractivity (Wildman–Crippen MR) is 110 cm³/mol. The third kappa shape index (κ3) is 7.38. The van der Waals surface area contributed by atoms with Gasteiger partial charge in [-0.2, -0.15) is 0 Å². The molecule has 3 heteroatoms. The Balaban J connectivity index is 1.81. The first kappa shape index (κ1) is 20.2. The molecule has 0 aliphatic carbocycles. The van der Waals surface area contributed by atoms with E-state index < -0.39 is 0 Å². The van der Waals surface area contributed by atoms with E-state index in [0.29, 0.717) is 0 Å². The van der Waals surface area contributed by atoms with Crippen LogP contribution in [0.25, 0.3) is 0 Å². The van der Waals surface area contributed by atoms with Gasteiger partial charge in [-0.25, -0.2) is 0 Å². The summed E-state index contributed by atoms with van der Waals surface area (Å²) in [6, 6.07) is 16.4. The van der Waals surface area contributed by atoms with E-state index >= 15 is 0 Å². The Hall–Kier alpha value is -2.16. The molecule has 0 aliphatic rings. The van der Waals surface area contributed by atoms with Gasteiger partial charge < -0.3 is 14.8 Å². The van der Waals surface area contributed by atoms with Crippen LogP contribution in [-0.2, 0) is 6.54 Å². The van der Waals surface area contributed by atoms with Crippen LogP contribution in [0.5, 0.6) is 11.5 Å². The van der Waals surface area contributed by atoms with Gasteiger partial charge in [-0.05, 0) is 43.2 Å². The molecule has 1 N–H and O–H groups in total. The van der Waals surface area contributed by atoms with Crippen molar-refractivity contribution in [3.05, 3.63) is 54.1 Å². The number of rotatable bonds is 13. The smallest absolute Gasteiger partial charge is 0.124 e. The van der Waals surface area contributed by atoms with Crippen LogP contribution >= 0.6 is 0 Å². The lowest BCUT2D eigenvalue weighted by Gasteiger charge is -2.13. The molecule has 0 saturated carbocycles. The molecule has 3 nitrogen and oxygen atoms in total. The zero-order valence-electron chi connectivity index (χ0n) is 16.3. The average Bonchev–Trinajstić information content (AvgIpc) is 2.68. The van der Waals surface area contributed by atoms with Gasteiger partial charge in [0.2, 0.25) is 0 Å². The van der Waals surface area contributed by atoms with Crippen LogP contribution in [0, 0.1) is 0 Å². The lowest BCUT2D eigenvalue weighted by atomic mass is 10.2. The van der Waals surface area contributed by atoms with Gasteiger partial charge in [-0.15, -0.1) is 0 Å². The van der Waals surface area contributed by atoms with Crippen molar-refractivity contribution < 1.29 is 9.47 Å². The van der Waals surface area contributed by atoms with Crippen molar-refractivity contribution in [1.29, 1.82) is 0 Å². The van der Waals surface area contributed by atoms with Crippen LogP contribution in [0.1, 0.15) is 57.9 Å². The molecule has 0 unspecified atom stereocenters. The van der Waals surface area contributed by atoms with E-state index in [4.69, 9.17) is 9.47 Å². The number of ether oxygens (including phenoxy) is 2. The Morgan fingerprint density at radius 2 is 1.46 bits per heavy atom. The second-order valence-corrected chi connectivity index (χ2v) is 6.60. The van der Waals surface area contributed by atoms with Gasteiger partial charge in [-0.3, -0.25) is 0 Å². The number of anilines is 1. The predicted octanol–water partition coefficient (Wildman–Crippen LogP) is 6.44. The Morgan fingerprint density at radius 1 is 0.731 bits per heavy atom. The van der Waals surface area contributed by atoms with Crippen LogP contribution in [0.3, 0.4) is 0 Å². The van der Waals surface area contributed by atoms with Crippen LogP contribution in [0.2, 0.25) is 0 Å². The minimum Gasteiger partial charge on any atom is -0.494 e. The maximum atomic E-state index is 5.99. The highest BCUT2D eigenvalue weighted by Gasteiger charge is 2.03. The summed E-state index contributed by atoms with van der Waals surface area (Å²) in [5, 5.41) is 3.47. The molecule has 0 aliphatic heterocycles. The summed E-state index contributed by atoms with van der Waals surface area (Å²) >= 11 is 0. The van der Waals surface area contributed by atoms with Crippen LogP contribution in [0.15, 0.2) is 48.5 Å². The highest BCUT2D eigenvalue weighted by molar-refractivity contribution is 5.47. The lowest BCUT2D eigenvalue weighted by molar-refractivity contribution is 0.302. The van der Waals surface area contributed by atoms with Gasteiger partial charge in [0.05, 0.1) is 13.2 Å². The normalized spacial score (nSPS) is 10.5. The molecule has 0 radical (unpaired) electrons. The molecule has 26 heavy (non-hydrogen) atoms. The minimum atomic E-state index is 0.751. The SMILES string of the molecule is CCCCCCOc1ccccc1CNc1ccc(OCCCC)cc1. The molecule has 2 aromatic carbocycles. The molecular weight excluding hydrogens is 322 g/mol. The van der Waals surface area contributed by atoms with E-state index in [1.54, 1.807) is 0 Å². The first-order valence-corrected chi connectivity index (χ1v) is 10.0. The van der Waals surface area contributed by atoms with Crippen molar-refractivity contribution in [2.24, 2.45) is 0 Å². The molecule has 2 aromatic rings. The Kier molecular flexibility index (Phi) is 9.48. The number of hydrogen-bond donors (Lipinski definition) is 1. The number of unbranched alkanes of at least 4 members (excludes halogenated alkanes) is 4. The fourth-order valence-electron chi connectivity index (χ4n) is 2.70. The van der Waals surface area contributed by atoms with E-state index in [2.05, 4.69) is 49.5 Å². The van der Waals surface area contributed by atoms with Crippen molar-refractivity contribution in [2.75, 3.05) is 18.5 Å². The number of nitrogens with one attached hydrogen (secondary N) is 1. The molecule has 2 rings (SSSR count).